The number of allylic oxidation sites excluding steroid dienone is 2. The summed E-state index contributed by atoms with van der Waals surface area (Å²) in [5.41, 5.74) is 1.50. The SMILES string of the molecule is CCOc1ccc(NS(=O)(=O)c2cc(NC(=O)CC3C=CCC3)ccc2C)cc1. The molecular weight excluding hydrogens is 388 g/mol. The molecule has 0 saturated heterocycles. The molecule has 6 nitrogen and oxygen atoms in total. The quantitative estimate of drug-likeness (QED) is 0.624. The fourth-order valence-corrected chi connectivity index (χ4v) is 4.61. The summed E-state index contributed by atoms with van der Waals surface area (Å²) in [6, 6.07) is 11.6. The maximum atomic E-state index is 12.9. The lowest BCUT2D eigenvalue weighted by Crippen LogP contribution is -2.17. The number of hydrogen-bond acceptors (Lipinski definition) is 4. The van der Waals surface area contributed by atoms with Crippen molar-refractivity contribution in [3.05, 3.63) is 60.2 Å². The second-order valence-corrected chi connectivity index (χ2v) is 8.71. The molecular formula is C22H26N2O4S. The fraction of sp³-hybridized carbons (Fsp3) is 0.318. The van der Waals surface area contributed by atoms with Gasteiger partial charge in [0.1, 0.15) is 5.75 Å². The molecule has 2 aromatic carbocycles. The van der Waals surface area contributed by atoms with E-state index in [4.69, 9.17) is 4.74 Å². The predicted octanol–water partition coefficient (Wildman–Crippen LogP) is 4.49. The summed E-state index contributed by atoms with van der Waals surface area (Å²) in [7, 11) is -3.80. The first-order valence-electron chi connectivity index (χ1n) is 9.70. The van der Waals surface area contributed by atoms with E-state index in [1.165, 1.54) is 6.07 Å². The lowest BCUT2D eigenvalue weighted by Gasteiger charge is -2.14. The minimum absolute atomic E-state index is 0.117. The van der Waals surface area contributed by atoms with Gasteiger partial charge in [-0.05, 0) is 74.6 Å². The molecule has 2 aromatic rings. The van der Waals surface area contributed by atoms with Crippen LogP contribution in [0.3, 0.4) is 0 Å². The van der Waals surface area contributed by atoms with Crippen molar-refractivity contribution in [3.8, 4) is 5.75 Å². The van der Waals surface area contributed by atoms with Gasteiger partial charge in [0.05, 0.1) is 11.5 Å². The van der Waals surface area contributed by atoms with Gasteiger partial charge in [-0.1, -0.05) is 18.2 Å². The first kappa shape index (κ1) is 20.9. The molecule has 7 heteroatoms. The molecule has 0 aromatic heterocycles. The molecule has 0 radical (unpaired) electrons. The Bertz CT molecular complexity index is 998. The van der Waals surface area contributed by atoms with E-state index in [1.807, 2.05) is 6.92 Å². The largest absolute Gasteiger partial charge is 0.494 e. The average molecular weight is 415 g/mol. The van der Waals surface area contributed by atoms with Crippen LogP contribution in [0.5, 0.6) is 5.75 Å². The van der Waals surface area contributed by atoms with E-state index in [2.05, 4.69) is 22.2 Å². The van der Waals surface area contributed by atoms with Crippen molar-refractivity contribution in [1.29, 1.82) is 0 Å². The summed E-state index contributed by atoms with van der Waals surface area (Å²) in [6.45, 7) is 4.15. The van der Waals surface area contributed by atoms with Crippen LogP contribution in [0.25, 0.3) is 0 Å². The molecule has 1 aliphatic carbocycles. The van der Waals surface area contributed by atoms with Gasteiger partial charge in [0, 0.05) is 17.8 Å². The third-order valence-electron chi connectivity index (χ3n) is 4.74. The van der Waals surface area contributed by atoms with Gasteiger partial charge in [0.2, 0.25) is 5.91 Å². The van der Waals surface area contributed by atoms with Crippen LogP contribution in [0, 0.1) is 12.8 Å². The molecule has 1 unspecified atom stereocenters. The van der Waals surface area contributed by atoms with Crippen LogP contribution in [0.2, 0.25) is 0 Å². The Hall–Kier alpha value is -2.80. The number of carbonyl (C=O) groups excluding carboxylic acids is 1. The highest BCUT2D eigenvalue weighted by atomic mass is 32.2. The van der Waals surface area contributed by atoms with Crippen molar-refractivity contribution >= 4 is 27.3 Å². The Morgan fingerprint density at radius 1 is 1.14 bits per heavy atom. The van der Waals surface area contributed by atoms with E-state index in [-0.39, 0.29) is 16.7 Å². The molecule has 154 valence electrons. The maximum absolute atomic E-state index is 12.9. The highest BCUT2D eigenvalue weighted by Crippen LogP contribution is 2.25. The van der Waals surface area contributed by atoms with Gasteiger partial charge in [-0.2, -0.15) is 0 Å². The molecule has 0 spiro atoms. The van der Waals surface area contributed by atoms with E-state index in [0.29, 0.717) is 35.7 Å². The fourth-order valence-electron chi connectivity index (χ4n) is 3.28. The molecule has 3 rings (SSSR count). The second-order valence-electron chi connectivity index (χ2n) is 7.06. The van der Waals surface area contributed by atoms with Gasteiger partial charge in [0.15, 0.2) is 0 Å². The van der Waals surface area contributed by atoms with Crippen LogP contribution in [0.1, 0.15) is 31.7 Å². The van der Waals surface area contributed by atoms with Crippen LogP contribution >= 0.6 is 0 Å². The number of hydrogen-bond donors (Lipinski definition) is 2. The van der Waals surface area contributed by atoms with Crippen LogP contribution in [0.15, 0.2) is 59.5 Å². The van der Waals surface area contributed by atoms with Crippen LogP contribution in [-0.2, 0) is 14.8 Å². The van der Waals surface area contributed by atoms with Crippen molar-refractivity contribution in [2.75, 3.05) is 16.6 Å². The van der Waals surface area contributed by atoms with Gasteiger partial charge in [0.25, 0.3) is 10.0 Å². The maximum Gasteiger partial charge on any atom is 0.262 e. The summed E-state index contributed by atoms with van der Waals surface area (Å²) in [5.74, 6) is 0.812. The van der Waals surface area contributed by atoms with Crippen LogP contribution < -0.4 is 14.8 Å². The van der Waals surface area contributed by atoms with E-state index in [9.17, 15) is 13.2 Å². The standard InChI is InChI=1S/C22H26N2O4S/c1-3-28-20-12-10-18(11-13-20)24-29(26,27)21-15-19(9-8-16(21)2)23-22(25)14-17-6-4-5-7-17/h4,6,8-13,15,17,24H,3,5,7,14H2,1-2H3,(H,23,25). The smallest absolute Gasteiger partial charge is 0.262 e. The van der Waals surface area contributed by atoms with Crippen molar-refractivity contribution in [2.24, 2.45) is 5.92 Å². The number of ether oxygens (including phenoxy) is 1. The van der Waals surface area contributed by atoms with Gasteiger partial charge in [-0.25, -0.2) is 8.42 Å². The summed E-state index contributed by atoms with van der Waals surface area (Å²) >= 11 is 0. The summed E-state index contributed by atoms with van der Waals surface area (Å²) in [5, 5.41) is 2.81. The Morgan fingerprint density at radius 2 is 1.86 bits per heavy atom. The molecule has 0 saturated carbocycles. The Balaban J connectivity index is 1.73. The third kappa shape index (κ3) is 5.60. The van der Waals surface area contributed by atoms with E-state index < -0.39 is 10.0 Å². The normalized spacial score (nSPS) is 15.9. The lowest BCUT2D eigenvalue weighted by atomic mass is 10.1. The topological polar surface area (TPSA) is 84.5 Å². The predicted molar refractivity (Wildman–Crippen MR) is 115 cm³/mol. The minimum Gasteiger partial charge on any atom is -0.494 e. The monoisotopic (exact) mass is 414 g/mol. The zero-order chi connectivity index (χ0) is 20.9. The molecule has 0 fully saturated rings. The van der Waals surface area contributed by atoms with Crippen molar-refractivity contribution < 1.29 is 17.9 Å². The highest BCUT2D eigenvalue weighted by molar-refractivity contribution is 7.92. The number of benzene rings is 2. The molecule has 2 N–H and O–H groups in total. The van der Waals surface area contributed by atoms with E-state index in [0.717, 1.165) is 12.8 Å². The number of nitrogens with one attached hydrogen (secondary N) is 2. The average Bonchev–Trinajstić information content (AvgIpc) is 3.17. The number of carbonyl (C=O) groups is 1. The molecule has 0 aliphatic heterocycles. The Morgan fingerprint density at radius 3 is 2.52 bits per heavy atom. The minimum atomic E-state index is -3.80. The summed E-state index contributed by atoms with van der Waals surface area (Å²) < 4.78 is 33.7. The van der Waals surface area contributed by atoms with Gasteiger partial charge in [-0.3, -0.25) is 9.52 Å². The Labute approximate surface area is 172 Å². The molecule has 1 atom stereocenters. The molecule has 0 heterocycles. The Kier molecular flexibility index (Phi) is 6.59. The zero-order valence-electron chi connectivity index (χ0n) is 16.6. The van der Waals surface area contributed by atoms with Gasteiger partial charge in [-0.15, -0.1) is 0 Å². The van der Waals surface area contributed by atoms with Crippen LogP contribution in [0.4, 0.5) is 11.4 Å². The third-order valence-corrected chi connectivity index (χ3v) is 6.26. The lowest BCUT2D eigenvalue weighted by molar-refractivity contribution is -0.116. The second kappa shape index (κ2) is 9.13. The summed E-state index contributed by atoms with van der Waals surface area (Å²) in [6.07, 6.45) is 6.53. The zero-order valence-corrected chi connectivity index (χ0v) is 17.5. The van der Waals surface area contributed by atoms with Crippen LogP contribution in [-0.4, -0.2) is 20.9 Å². The molecule has 29 heavy (non-hydrogen) atoms. The first-order chi connectivity index (χ1) is 13.9. The van der Waals surface area contributed by atoms with Crippen molar-refractivity contribution in [3.63, 3.8) is 0 Å². The number of anilines is 2. The molecule has 1 aliphatic rings. The number of amides is 1. The molecule has 1 amide bonds. The number of rotatable bonds is 8. The number of sulfonamides is 1. The van der Waals surface area contributed by atoms with Crippen molar-refractivity contribution in [2.45, 2.75) is 38.0 Å². The van der Waals surface area contributed by atoms with Gasteiger partial charge < -0.3 is 10.1 Å². The highest BCUT2D eigenvalue weighted by Gasteiger charge is 2.19. The van der Waals surface area contributed by atoms with Gasteiger partial charge >= 0.3 is 0 Å². The molecule has 0 bridgehead atoms. The van der Waals surface area contributed by atoms with E-state index in [1.54, 1.807) is 43.3 Å². The first-order valence-corrected chi connectivity index (χ1v) is 11.2. The van der Waals surface area contributed by atoms with Crippen molar-refractivity contribution in [1.82, 2.24) is 0 Å². The summed E-state index contributed by atoms with van der Waals surface area (Å²) in [4.78, 5) is 12.4. The number of aryl methyl sites for hydroxylation is 1. The van der Waals surface area contributed by atoms with E-state index >= 15 is 0 Å².